The highest BCUT2D eigenvalue weighted by Crippen LogP contribution is 2.34. The molecule has 0 spiro atoms. The minimum Gasteiger partial charge on any atom is -0.468 e. The van der Waals surface area contributed by atoms with Gasteiger partial charge in [-0.2, -0.15) is 0 Å². The van der Waals surface area contributed by atoms with Gasteiger partial charge in [0, 0.05) is 0 Å². The van der Waals surface area contributed by atoms with Crippen LogP contribution in [0.15, 0.2) is 0 Å². The van der Waals surface area contributed by atoms with Gasteiger partial charge in [0.1, 0.15) is 6.04 Å². The lowest BCUT2D eigenvalue weighted by molar-refractivity contribution is -0.143. The smallest absolute Gasteiger partial charge is 0.323 e. The summed E-state index contributed by atoms with van der Waals surface area (Å²) in [6.07, 6.45) is 3.87. The Morgan fingerprint density at radius 1 is 1.53 bits per heavy atom. The molecule has 0 heterocycles. The minimum absolute atomic E-state index is 0.116. The predicted octanol–water partition coefficient (Wildman–Crippen LogP) is 0.298. The highest BCUT2D eigenvalue weighted by Gasteiger charge is 2.37. The van der Waals surface area contributed by atoms with Gasteiger partial charge in [-0.1, -0.05) is 0 Å². The SMILES string of the molecule is COC(=O)C(NCC1CC(O)C1)C1CC1. The lowest BCUT2D eigenvalue weighted by Gasteiger charge is -2.32. The molecule has 4 nitrogen and oxygen atoms in total. The topological polar surface area (TPSA) is 58.6 Å². The summed E-state index contributed by atoms with van der Waals surface area (Å²) in [4.78, 5) is 11.4. The van der Waals surface area contributed by atoms with E-state index in [0.29, 0.717) is 11.8 Å². The van der Waals surface area contributed by atoms with E-state index in [0.717, 1.165) is 32.2 Å². The fourth-order valence-corrected chi connectivity index (χ4v) is 2.16. The van der Waals surface area contributed by atoms with Gasteiger partial charge in [-0.15, -0.1) is 0 Å². The Bertz CT molecular complexity index is 234. The van der Waals surface area contributed by atoms with E-state index < -0.39 is 0 Å². The zero-order valence-electron chi connectivity index (χ0n) is 9.11. The van der Waals surface area contributed by atoms with Crippen molar-refractivity contribution in [3.63, 3.8) is 0 Å². The van der Waals surface area contributed by atoms with Gasteiger partial charge in [0.25, 0.3) is 0 Å². The molecule has 2 rings (SSSR count). The van der Waals surface area contributed by atoms with Crippen LogP contribution in [0.5, 0.6) is 0 Å². The largest absolute Gasteiger partial charge is 0.468 e. The van der Waals surface area contributed by atoms with Crippen LogP contribution < -0.4 is 5.32 Å². The first-order chi connectivity index (χ1) is 7.20. The molecule has 2 aliphatic rings. The number of hydrogen-bond acceptors (Lipinski definition) is 4. The maximum Gasteiger partial charge on any atom is 0.323 e. The lowest BCUT2D eigenvalue weighted by atomic mass is 9.82. The third-order valence-corrected chi connectivity index (χ3v) is 3.39. The summed E-state index contributed by atoms with van der Waals surface area (Å²) in [5, 5.41) is 12.4. The van der Waals surface area contributed by atoms with Crippen molar-refractivity contribution in [2.75, 3.05) is 13.7 Å². The Hall–Kier alpha value is -0.610. The molecule has 0 aliphatic heterocycles. The Morgan fingerprint density at radius 2 is 2.20 bits per heavy atom. The summed E-state index contributed by atoms with van der Waals surface area (Å²) in [5.74, 6) is 0.866. The van der Waals surface area contributed by atoms with Crippen LogP contribution in [-0.2, 0) is 9.53 Å². The summed E-state index contributed by atoms with van der Waals surface area (Å²) in [6, 6.07) is -0.118. The van der Waals surface area contributed by atoms with Crippen LogP contribution >= 0.6 is 0 Å². The molecule has 2 fully saturated rings. The van der Waals surface area contributed by atoms with Crippen LogP contribution in [0.1, 0.15) is 25.7 Å². The fourth-order valence-electron chi connectivity index (χ4n) is 2.16. The van der Waals surface area contributed by atoms with E-state index in [4.69, 9.17) is 9.84 Å². The molecule has 0 saturated heterocycles. The number of nitrogens with one attached hydrogen (secondary N) is 1. The van der Waals surface area contributed by atoms with Gasteiger partial charge in [0.05, 0.1) is 13.2 Å². The molecular weight excluding hydrogens is 194 g/mol. The highest BCUT2D eigenvalue weighted by atomic mass is 16.5. The van der Waals surface area contributed by atoms with Crippen molar-refractivity contribution in [2.24, 2.45) is 11.8 Å². The maximum absolute atomic E-state index is 11.4. The Morgan fingerprint density at radius 3 is 2.67 bits per heavy atom. The summed E-state index contributed by atoms with van der Waals surface area (Å²) in [6.45, 7) is 0.827. The van der Waals surface area contributed by atoms with Gasteiger partial charge in [-0.25, -0.2) is 0 Å². The second-order valence-corrected chi connectivity index (χ2v) is 4.74. The zero-order valence-corrected chi connectivity index (χ0v) is 9.11. The Kier molecular flexibility index (Phi) is 3.26. The fraction of sp³-hybridized carbons (Fsp3) is 0.909. The van der Waals surface area contributed by atoms with E-state index in [1.54, 1.807) is 0 Å². The molecule has 86 valence electrons. The summed E-state index contributed by atoms with van der Waals surface area (Å²) >= 11 is 0. The molecule has 0 amide bonds. The minimum atomic E-state index is -0.141. The van der Waals surface area contributed by atoms with Gasteiger partial charge in [-0.05, 0) is 44.1 Å². The van der Waals surface area contributed by atoms with Crippen molar-refractivity contribution in [1.29, 1.82) is 0 Å². The number of ether oxygens (including phenoxy) is 1. The third kappa shape index (κ3) is 2.69. The Balaban J connectivity index is 1.72. The van der Waals surface area contributed by atoms with Gasteiger partial charge < -0.3 is 15.2 Å². The van der Waals surface area contributed by atoms with Crippen LogP contribution in [0.2, 0.25) is 0 Å². The molecule has 2 N–H and O–H groups in total. The number of hydrogen-bond donors (Lipinski definition) is 2. The summed E-state index contributed by atoms with van der Waals surface area (Å²) < 4.78 is 4.77. The van der Waals surface area contributed by atoms with E-state index in [1.165, 1.54) is 7.11 Å². The zero-order chi connectivity index (χ0) is 10.8. The molecule has 15 heavy (non-hydrogen) atoms. The van der Waals surface area contributed by atoms with Crippen LogP contribution in [0.3, 0.4) is 0 Å². The first-order valence-electron chi connectivity index (χ1n) is 5.70. The molecule has 0 bridgehead atoms. The molecule has 2 aliphatic carbocycles. The van der Waals surface area contributed by atoms with Crippen molar-refractivity contribution in [2.45, 2.75) is 37.8 Å². The molecule has 0 aromatic heterocycles. The van der Waals surface area contributed by atoms with Crippen molar-refractivity contribution in [1.82, 2.24) is 5.32 Å². The monoisotopic (exact) mass is 213 g/mol. The van der Waals surface area contributed by atoms with Crippen molar-refractivity contribution < 1.29 is 14.6 Å². The van der Waals surface area contributed by atoms with Gasteiger partial charge in [-0.3, -0.25) is 4.79 Å². The second kappa shape index (κ2) is 4.49. The number of aliphatic hydroxyl groups is 1. The Labute approximate surface area is 90.0 Å². The molecule has 1 atom stereocenters. The number of methoxy groups -OCH3 is 1. The molecule has 1 unspecified atom stereocenters. The van der Waals surface area contributed by atoms with Crippen molar-refractivity contribution in [3.8, 4) is 0 Å². The number of rotatable bonds is 5. The first kappa shape index (κ1) is 10.9. The first-order valence-corrected chi connectivity index (χ1v) is 5.70. The lowest BCUT2D eigenvalue weighted by Crippen LogP contribution is -2.45. The van der Waals surface area contributed by atoms with Crippen LogP contribution in [0.4, 0.5) is 0 Å². The molecule has 0 radical (unpaired) electrons. The molecule has 2 saturated carbocycles. The van der Waals surface area contributed by atoms with E-state index in [9.17, 15) is 4.79 Å². The molecule has 0 aromatic rings. The number of esters is 1. The van der Waals surface area contributed by atoms with Crippen LogP contribution in [0.25, 0.3) is 0 Å². The van der Waals surface area contributed by atoms with Gasteiger partial charge >= 0.3 is 5.97 Å². The van der Waals surface area contributed by atoms with Crippen molar-refractivity contribution in [3.05, 3.63) is 0 Å². The van der Waals surface area contributed by atoms with E-state index in [2.05, 4.69) is 5.32 Å². The predicted molar refractivity (Wildman–Crippen MR) is 55.3 cm³/mol. The van der Waals surface area contributed by atoms with E-state index in [-0.39, 0.29) is 18.1 Å². The standard InChI is InChI=1S/C11H19NO3/c1-15-11(14)10(8-2-3-8)12-6-7-4-9(13)5-7/h7-10,12-13H,2-6H2,1H3. The summed E-state index contributed by atoms with van der Waals surface area (Å²) in [7, 11) is 1.44. The molecular formula is C11H19NO3. The molecule has 0 aromatic carbocycles. The quantitative estimate of drug-likeness (QED) is 0.645. The van der Waals surface area contributed by atoms with Crippen molar-refractivity contribution >= 4 is 5.97 Å². The second-order valence-electron chi connectivity index (χ2n) is 4.74. The highest BCUT2D eigenvalue weighted by molar-refractivity contribution is 5.76. The summed E-state index contributed by atoms with van der Waals surface area (Å²) in [5.41, 5.74) is 0. The number of aliphatic hydroxyl groups excluding tert-OH is 1. The van der Waals surface area contributed by atoms with Gasteiger partial charge in [0.15, 0.2) is 0 Å². The normalized spacial score (nSPS) is 31.9. The number of carbonyl (C=O) groups is 1. The van der Waals surface area contributed by atoms with Crippen LogP contribution in [-0.4, -0.2) is 36.9 Å². The van der Waals surface area contributed by atoms with E-state index >= 15 is 0 Å². The average molecular weight is 213 g/mol. The molecule has 4 heteroatoms. The van der Waals surface area contributed by atoms with Crippen LogP contribution in [0, 0.1) is 11.8 Å². The van der Waals surface area contributed by atoms with E-state index in [1.807, 2.05) is 0 Å². The van der Waals surface area contributed by atoms with Gasteiger partial charge in [0.2, 0.25) is 0 Å². The third-order valence-electron chi connectivity index (χ3n) is 3.39. The average Bonchev–Trinajstić information content (AvgIpc) is 2.98. The maximum atomic E-state index is 11.4. The number of carbonyl (C=O) groups excluding carboxylic acids is 1.